The van der Waals surface area contributed by atoms with E-state index in [9.17, 15) is 0 Å². The second-order valence-corrected chi connectivity index (χ2v) is 17.5. The Balaban J connectivity index is 0.000000403. The molecule has 0 bridgehead atoms. The monoisotopic (exact) mass is 634 g/mol. The summed E-state index contributed by atoms with van der Waals surface area (Å²) in [5, 5.41) is 2.62. The highest BCUT2D eigenvalue weighted by Gasteiger charge is 2.35. The van der Waals surface area contributed by atoms with E-state index in [1.165, 1.54) is 21.5 Å². The number of benzene rings is 3. The molecule has 0 unspecified atom stereocenters. The van der Waals surface area contributed by atoms with Crippen LogP contribution < -0.4 is 10.4 Å². The van der Waals surface area contributed by atoms with Crippen molar-refractivity contribution < 1.29 is 8.85 Å². The summed E-state index contributed by atoms with van der Waals surface area (Å²) < 4.78 is 13.5. The minimum Gasteiger partial charge on any atom is -0.412 e. The molecular weight excluding hydrogens is 588 g/mol. The largest absolute Gasteiger partial charge is 0.412 e. The van der Waals surface area contributed by atoms with Gasteiger partial charge in [0.1, 0.15) is 0 Å². The summed E-state index contributed by atoms with van der Waals surface area (Å²) in [5.41, 5.74) is 2.48. The molecule has 0 aromatic heterocycles. The first-order valence-corrected chi connectivity index (χ1v) is 19.0. The lowest BCUT2D eigenvalue weighted by Crippen LogP contribution is -2.50. The molecule has 0 saturated carbocycles. The van der Waals surface area contributed by atoms with Crippen LogP contribution in [0.1, 0.15) is 21.3 Å². The Morgan fingerprint density at radius 2 is 0.925 bits per heavy atom. The lowest BCUT2D eigenvalue weighted by Gasteiger charge is -2.29. The molecule has 0 spiro atoms. The fraction of sp³-hybridized carbons (Fsp3) is 0.257. The van der Waals surface area contributed by atoms with Crippen molar-refractivity contribution >= 4 is 42.9 Å². The van der Waals surface area contributed by atoms with E-state index >= 15 is 0 Å². The van der Waals surface area contributed by atoms with Crippen LogP contribution in [0, 0.1) is 0 Å². The predicted molar refractivity (Wildman–Crippen MR) is 187 cm³/mol. The maximum absolute atomic E-state index is 6.24. The van der Waals surface area contributed by atoms with E-state index in [1.807, 2.05) is 37.3 Å². The zero-order valence-electron chi connectivity index (χ0n) is 23.6. The van der Waals surface area contributed by atoms with Gasteiger partial charge in [0.2, 0.25) is 16.6 Å². The molecule has 40 heavy (non-hydrogen) atoms. The second-order valence-electron chi connectivity index (χ2n) is 9.28. The lowest BCUT2D eigenvalue weighted by atomic mass is 10.1. The minimum atomic E-state index is -2.03. The van der Waals surface area contributed by atoms with Gasteiger partial charge in [-0.15, -0.1) is 26.3 Å². The van der Waals surface area contributed by atoms with E-state index < -0.39 is 16.6 Å². The first-order valence-electron chi connectivity index (χ1n) is 13.6. The first kappa shape index (κ1) is 35.5. The molecule has 2 nitrogen and oxygen atoms in total. The zero-order valence-corrected chi connectivity index (χ0v) is 27.2. The SMILES string of the molecule is C.C=CC[Si](CC=C)(OCC)c1ccc(-c2ccccc2)cc1.C=CC[Si](CC=C)(OCC)c1ccc(Br)cc1. The Morgan fingerprint density at radius 3 is 1.27 bits per heavy atom. The first-order chi connectivity index (χ1) is 18.9. The van der Waals surface area contributed by atoms with Gasteiger partial charge in [-0.25, -0.2) is 0 Å². The highest BCUT2D eigenvalue weighted by atomic mass is 79.9. The van der Waals surface area contributed by atoms with Gasteiger partial charge in [0.05, 0.1) is 0 Å². The highest BCUT2D eigenvalue weighted by Crippen LogP contribution is 2.23. The van der Waals surface area contributed by atoms with Crippen molar-refractivity contribution in [1.82, 2.24) is 0 Å². The van der Waals surface area contributed by atoms with E-state index in [0.717, 1.165) is 41.9 Å². The standard InChI is InChI=1S/C20H24OSi.C14H19BrOSi.CH4/c1-4-16-22(17-5-2,21-6-3)20-14-12-19(13-15-20)18-10-8-7-9-11-18;1-4-11-17(12-5-2,16-6-3)14-9-7-13(15)8-10-14;/h4-5,7-15H,1-2,6,16-17H2,3H3;4-5,7-10H,1-2,6,11-12H2,3H3;1H4. The van der Waals surface area contributed by atoms with Gasteiger partial charge in [-0.2, -0.15) is 0 Å². The Hall–Kier alpha value is -2.55. The third-order valence-corrected chi connectivity index (χ3v) is 15.4. The smallest absolute Gasteiger partial charge is 0.231 e. The topological polar surface area (TPSA) is 18.5 Å². The van der Waals surface area contributed by atoms with E-state index in [-0.39, 0.29) is 7.43 Å². The third-order valence-electron chi connectivity index (χ3n) is 6.63. The molecule has 0 aliphatic heterocycles. The van der Waals surface area contributed by atoms with Crippen molar-refractivity contribution in [2.75, 3.05) is 13.2 Å². The van der Waals surface area contributed by atoms with Gasteiger partial charge in [0, 0.05) is 17.7 Å². The van der Waals surface area contributed by atoms with Crippen LogP contribution >= 0.6 is 15.9 Å². The molecule has 0 amide bonds. The fourth-order valence-corrected chi connectivity index (χ4v) is 11.7. The Kier molecular flexibility index (Phi) is 16.6. The van der Waals surface area contributed by atoms with E-state index in [2.05, 4.69) is 122 Å². The molecule has 0 saturated heterocycles. The molecule has 0 atom stereocenters. The normalized spacial score (nSPS) is 10.9. The summed E-state index contributed by atoms with van der Waals surface area (Å²) in [4.78, 5) is 0. The quantitative estimate of drug-likeness (QED) is 0.122. The van der Waals surface area contributed by atoms with Gasteiger partial charge < -0.3 is 8.85 Å². The molecule has 3 aromatic carbocycles. The van der Waals surface area contributed by atoms with E-state index in [1.54, 1.807) is 0 Å². The van der Waals surface area contributed by atoms with Crippen molar-refractivity contribution in [2.45, 2.75) is 45.5 Å². The zero-order chi connectivity index (χ0) is 28.6. The maximum atomic E-state index is 6.24. The van der Waals surface area contributed by atoms with E-state index in [0.29, 0.717) is 0 Å². The van der Waals surface area contributed by atoms with Crippen LogP contribution in [0.3, 0.4) is 0 Å². The second kappa shape index (κ2) is 18.7. The van der Waals surface area contributed by atoms with Crippen molar-refractivity contribution in [1.29, 1.82) is 0 Å². The summed E-state index contributed by atoms with van der Waals surface area (Å²) in [7, 11) is -3.98. The predicted octanol–water partition coefficient (Wildman–Crippen LogP) is 9.56. The summed E-state index contributed by atoms with van der Waals surface area (Å²) in [6, 6.07) is 31.4. The molecule has 0 aliphatic carbocycles. The van der Waals surface area contributed by atoms with Gasteiger partial charge in [0.25, 0.3) is 0 Å². The van der Waals surface area contributed by atoms with Crippen molar-refractivity contribution in [2.24, 2.45) is 0 Å². The van der Waals surface area contributed by atoms with Gasteiger partial charge in [-0.3, -0.25) is 0 Å². The van der Waals surface area contributed by atoms with Crippen molar-refractivity contribution in [3.63, 3.8) is 0 Å². The van der Waals surface area contributed by atoms with Crippen LogP contribution in [0.4, 0.5) is 0 Å². The van der Waals surface area contributed by atoms with Crippen LogP contribution in [0.2, 0.25) is 24.2 Å². The number of hydrogen-bond acceptors (Lipinski definition) is 2. The lowest BCUT2D eigenvalue weighted by molar-refractivity contribution is 0.333. The van der Waals surface area contributed by atoms with Crippen LogP contribution in [0.5, 0.6) is 0 Å². The summed E-state index contributed by atoms with van der Waals surface area (Å²) in [6.45, 7) is 21.2. The Bertz CT molecular complexity index is 1140. The number of hydrogen-bond donors (Lipinski definition) is 0. The van der Waals surface area contributed by atoms with Crippen LogP contribution in [0.15, 0.2) is 134 Å². The molecule has 0 radical (unpaired) electrons. The molecule has 0 heterocycles. The molecule has 3 rings (SSSR count). The van der Waals surface area contributed by atoms with Crippen LogP contribution in [0.25, 0.3) is 11.1 Å². The molecule has 3 aromatic rings. The summed E-state index contributed by atoms with van der Waals surface area (Å²) in [5.74, 6) is 0. The highest BCUT2D eigenvalue weighted by molar-refractivity contribution is 9.10. The van der Waals surface area contributed by atoms with Gasteiger partial charge in [0.15, 0.2) is 0 Å². The average Bonchev–Trinajstić information content (AvgIpc) is 2.95. The van der Waals surface area contributed by atoms with Crippen molar-refractivity contribution in [3.8, 4) is 11.1 Å². The summed E-state index contributed by atoms with van der Waals surface area (Å²) >= 11 is 3.46. The van der Waals surface area contributed by atoms with Crippen LogP contribution in [-0.4, -0.2) is 29.8 Å². The summed E-state index contributed by atoms with van der Waals surface area (Å²) in [6.07, 6.45) is 7.90. The molecule has 214 valence electrons. The third kappa shape index (κ3) is 9.82. The van der Waals surface area contributed by atoms with Gasteiger partial charge in [-0.1, -0.05) is 114 Å². The van der Waals surface area contributed by atoms with Crippen LogP contribution in [-0.2, 0) is 8.85 Å². The number of rotatable bonds is 15. The maximum Gasteiger partial charge on any atom is 0.231 e. The van der Waals surface area contributed by atoms with Gasteiger partial charge in [-0.05, 0) is 71.7 Å². The molecule has 0 aliphatic rings. The number of allylic oxidation sites excluding steroid dienone is 4. The minimum absolute atomic E-state index is 0. The van der Waals surface area contributed by atoms with E-state index in [4.69, 9.17) is 8.85 Å². The van der Waals surface area contributed by atoms with Gasteiger partial charge >= 0.3 is 0 Å². The molecule has 0 fully saturated rings. The van der Waals surface area contributed by atoms with Crippen molar-refractivity contribution in [3.05, 3.63) is 134 Å². The fourth-order valence-electron chi connectivity index (χ4n) is 4.88. The average molecular weight is 636 g/mol. The molecule has 5 heteroatoms. The molecule has 0 N–H and O–H groups in total. The number of halogens is 1. The Morgan fingerprint density at radius 1 is 0.575 bits per heavy atom. The molecular formula is C35H47BrO2Si2. The Labute approximate surface area is 254 Å².